The minimum atomic E-state index is -4.69. The fourth-order valence-corrected chi connectivity index (χ4v) is 9.20. The van der Waals surface area contributed by atoms with Crippen LogP contribution in [0.3, 0.4) is 0 Å². The Hall–Kier alpha value is -4.44. The summed E-state index contributed by atoms with van der Waals surface area (Å²) in [4.78, 5) is 12.9. The van der Waals surface area contributed by atoms with Crippen LogP contribution in [0.15, 0.2) is 100 Å². The Kier molecular flexibility index (Phi) is 13.3. The summed E-state index contributed by atoms with van der Waals surface area (Å²) in [7, 11) is 3.41. The summed E-state index contributed by atoms with van der Waals surface area (Å²) in [5.41, 5.74) is 6.16. The van der Waals surface area contributed by atoms with E-state index in [1.54, 1.807) is 12.1 Å². The molecule has 0 atom stereocenters. The van der Waals surface area contributed by atoms with Crippen molar-refractivity contribution in [2.75, 3.05) is 73.4 Å². The van der Waals surface area contributed by atoms with Gasteiger partial charge in [0.05, 0.1) is 77.0 Å². The molecule has 0 radical (unpaired) electrons. The highest BCUT2D eigenvalue weighted by molar-refractivity contribution is 7.86. The molecule has 0 saturated carbocycles. The molecule has 3 aromatic carbocycles. The van der Waals surface area contributed by atoms with E-state index in [-0.39, 0.29) is 16.2 Å². The first-order valence-corrected chi connectivity index (χ1v) is 23.1. The molecule has 60 heavy (non-hydrogen) atoms. The average Bonchev–Trinajstić information content (AvgIpc) is 3.46. The van der Waals surface area contributed by atoms with Gasteiger partial charge in [-0.15, -0.1) is 0 Å². The molecule has 324 valence electrons. The van der Waals surface area contributed by atoms with Crippen LogP contribution in [-0.4, -0.2) is 120 Å². The Balaban J connectivity index is 1.68. The number of quaternary nitrogens is 2. The van der Waals surface area contributed by atoms with Crippen LogP contribution in [0.5, 0.6) is 0 Å². The number of aryl methyl sites for hydroxylation is 1. The maximum atomic E-state index is 12.2. The third-order valence-electron chi connectivity index (χ3n) is 11.5. The van der Waals surface area contributed by atoms with E-state index in [1.807, 2.05) is 76.3 Å². The number of rotatable bonds is 17. The number of anilines is 1. The summed E-state index contributed by atoms with van der Waals surface area (Å²) < 4.78 is 76.7. The smallest absolute Gasteiger partial charge is 0.209 e. The second-order valence-electron chi connectivity index (χ2n) is 19.0. The Bertz CT molecular complexity index is 2480. The number of carbonyl (C=O) groups excluding carboxylic acids is 1. The van der Waals surface area contributed by atoms with Gasteiger partial charge in [0.2, 0.25) is 5.69 Å². The van der Waals surface area contributed by atoms with Crippen LogP contribution in [-0.2, 0) is 42.3 Å². The number of hydrogen-bond acceptors (Lipinski definition) is 9. The number of nitrogens with zero attached hydrogens (tertiary/aromatic N) is 4. The predicted octanol–water partition coefficient (Wildman–Crippen LogP) is 5.07. The van der Waals surface area contributed by atoms with E-state index >= 15 is 0 Å². The zero-order valence-electron chi connectivity index (χ0n) is 36.6. The SMILES string of the molecule is CC1(C)C(=CC=C(C=CC2=[N+](CCC[N+](C)(C)C)c3ccc(S(=O)(=O)[O-])cc3C2(C)C)c2ccc(CCC(=O)[O-])cc2)N(CCC[N+](C)(C)C)c2ccc(S(=O)(=O)[O-])cc21. The molecule has 0 spiro atoms. The molecule has 14 heteroatoms. The Morgan fingerprint density at radius 2 is 1.33 bits per heavy atom. The van der Waals surface area contributed by atoms with E-state index in [2.05, 4.69) is 51.8 Å². The molecule has 5 rings (SSSR count). The summed E-state index contributed by atoms with van der Waals surface area (Å²) in [6.07, 6.45) is 10.0. The van der Waals surface area contributed by atoms with Crippen molar-refractivity contribution in [3.05, 3.63) is 113 Å². The fraction of sp³-hybridized carbons (Fsp3) is 0.435. The van der Waals surface area contributed by atoms with Gasteiger partial charge in [-0.2, -0.15) is 4.58 Å². The van der Waals surface area contributed by atoms with E-state index in [4.69, 9.17) is 0 Å². The van der Waals surface area contributed by atoms with Gasteiger partial charge in [0.25, 0.3) is 0 Å². The summed E-state index contributed by atoms with van der Waals surface area (Å²) in [5, 5.41) is 11.2. The third-order valence-corrected chi connectivity index (χ3v) is 13.1. The number of aliphatic carboxylic acids is 1. The normalized spacial score (nSPS) is 17.5. The molecule has 2 aliphatic rings. The Morgan fingerprint density at radius 1 is 0.767 bits per heavy atom. The predicted molar refractivity (Wildman–Crippen MR) is 232 cm³/mol. The molecule has 3 aromatic rings. The average molecular weight is 861 g/mol. The summed E-state index contributed by atoms with van der Waals surface area (Å²) in [6, 6.07) is 16.9. The lowest BCUT2D eigenvalue weighted by Crippen LogP contribution is -2.37. The van der Waals surface area contributed by atoms with Crippen molar-refractivity contribution >= 4 is 48.9 Å². The minimum Gasteiger partial charge on any atom is -0.744 e. The van der Waals surface area contributed by atoms with Crippen LogP contribution in [0.4, 0.5) is 11.4 Å². The molecular formula is C46H60N4O8S2. The number of carboxylic acid groups (broad SMARTS) is 1. The molecule has 2 heterocycles. The largest absolute Gasteiger partial charge is 0.744 e. The van der Waals surface area contributed by atoms with Crippen LogP contribution in [0.1, 0.15) is 69.2 Å². The highest BCUT2D eigenvalue weighted by Crippen LogP contribution is 2.49. The fourth-order valence-electron chi connectivity index (χ4n) is 8.20. The number of carboxylic acids is 1. The quantitative estimate of drug-likeness (QED) is 0.0782. The molecule has 0 aromatic heterocycles. The first kappa shape index (κ1) is 46.6. The second kappa shape index (κ2) is 17.1. The van der Waals surface area contributed by atoms with Crippen molar-refractivity contribution in [1.82, 2.24) is 0 Å². The first-order chi connectivity index (χ1) is 27.6. The van der Waals surface area contributed by atoms with Crippen LogP contribution in [0.25, 0.3) is 5.57 Å². The number of benzene rings is 3. The van der Waals surface area contributed by atoms with Crippen molar-refractivity contribution in [2.45, 2.75) is 74.0 Å². The van der Waals surface area contributed by atoms with Gasteiger partial charge in [0.1, 0.15) is 20.2 Å². The van der Waals surface area contributed by atoms with Gasteiger partial charge < -0.3 is 32.9 Å². The number of carbonyl (C=O) groups is 1. The number of fused-ring (bicyclic) bond motifs is 2. The van der Waals surface area contributed by atoms with Gasteiger partial charge in [0, 0.05) is 53.4 Å². The molecule has 0 saturated heterocycles. The second-order valence-corrected chi connectivity index (χ2v) is 21.8. The van der Waals surface area contributed by atoms with Gasteiger partial charge in [0.15, 0.2) is 12.3 Å². The van der Waals surface area contributed by atoms with Crippen molar-refractivity contribution in [3.63, 3.8) is 0 Å². The summed E-state index contributed by atoms with van der Waals surface area (Å²) in [5.74, 6) is -1.12. The molecule has 2 aliphatic heterocycles. The lowest BCUT2D eigenvalue weighted by Gasteiger charge is -2.29. The number of hydrogen-bond donors (Lipinski definition) is 0. The van der Waals surface area contributed by atoms with E-state index in [9.17, 15) is 35.8 Å². The van der Waals surface area contributed by atoms with Gasteiger partial charge in [-0.3, -0.25) is 0 Å². The van der Waals surface area contributed by atoms with E-state index in [0.717, 1.165) is 85.5 Å². The van der Waals surface area contributed by atoms with E-state index in [0.29, 0.717) is 19.5 Å². The van der Waals surface area contributed by atoms with Gasteiger partial charge in [-0.1, -0.05) is 44.2 Å². The Morgan fingerprint density at radius 3 is 1.90 bits per heavy atom. The topological polar surface area (TPSA) is 161 Å². The van der Waals surface area contributed by atoms with Crippen molar-refractivity contribution in [1.29, 1.82) is 0 Å². The van der Waals surface area contributed by atoms with Crippen molar-refractivity contribution in [3.8, 4) is 0 Å². The zero-order valence-corrected chi connectivity index (χ0v) is 38.2. The lowest BCUT2D eigenvalue weighted by molar-refractivity contribution is -0.871. The number of allylic oxidation sites excluding steroid dienone is 6. The maximum Gasteiger partial charge on any atom is 0.209 e. The monoisotopic (exact) mass is 860 g/mol. The lowest BCUT2D eigenvalue weighted by atomic mass is 9.81. The van der Waals surface area contributed by atoms with Crippen LogP contribution in [0.2, 0.25) is 0 Å². The van der Waals surface area contributed by atoms with E-state index in [1.165, 1.54) is 24.3 Å². The molecule has 0 unspecified atom stereocenters. The van der Waals surface area contributed by atoms with E-state index < -0.39 is 37.0 Å². The van der Waals surface area contributed by atoms with Crippen LogP contribution < -0.4 is 10.0 Å². The standard InChI is InChI=1S/C46H60N4O8S2/c1-45(2)38-31-36(59(53,54)55)20-22-40(38)47(27-11-29-49(5,6)7)42(45)24-18-35(34-16-13-33(14-17-34)15-26-44(51)52)19-25-43-46(3,4)39-32-37(60(56,57)58)21-23-41(39)48(43)28-12-30-50(8,9)10/h13-14,16-25,31-32H,11-12,15,26-30H2,1-10H3. The molecular weight excluding hydrogens is 801 g/mol. The molecule has 0 aliphatic carbocycles. The highest BCUT2D eigenvalue weighted by atomic mass is 32.2. The molecule has 0 bridgehead atoms. The molecule has 0 amide bonds. The Labute approximate surface area is 357 Å². The van der Waals surface area contributed by atoms with Crippen molar-refractivity contribution < 1.29 is 49.4 Å². The zero-order chi connectivity index (χ0) is 44.6. The van der Waals surface area contributed by atoms with Crippen LogP contribution >= 0.6 is 0 Å². The van der Waals surface area contributed by atoms with Gasteiger partial charge in [-0.25, -0.2) is 16.8 Å². The maximum absolute atomic E-state index is 12.2. The summed E-state index contributed by atoms with van der Waals surface area (Å²) in [6.45, 7) is 11.2. The van der Waals surface area contributed by atoms with Gasteiger partial charge in [-0.05, 0) is 91.4 Å². The van der Waals surface area contributed by atoms with Crippen LogP contribution in [0, 0.1) is 0 Å². The molecule has 12 nitrogen and oxygen atoms in total. The third kappa shape index (κ3) is 10.9. The first-order valence-electron chi connectivity index (χ1n) is 20.2. The van der Waals surface area contributed by atoms with Gasteiger partial charge >= 0.3 is 0 Å². The van der Waals surface area contributed by atoms with Crippen molar-refractivity contribution in [2.24, 2.45) is 0 Å². The molecule has 0 N–H and O–H groups in total. The minimum absolute atomic E-state index is 0.101. The highest BCUT2D eigenvalue weighted by Gasteiger charge is 2.45. The molecule has 0 fully saturated rings. The summed E-state index contributed by atoms with van der Waals surface area (Å²) >= 11 is 0.